The Hall–Kier alpha value is -1.12. The number of halogens is 1. The Morgan fingerprint density at radius 1 is 1.62 bits per heavy atom. The molecule has 1 aliphatic carbocycles. The maximum absolute atomic E-state index is 8.96. The number of nitrogens with two attached hydrogens (primary N) is 1. The topological polar surface area (TPSA) is 74.7 Å². The minimum Gasteiger partial charge on any atom is -0.367 e. The fourth-order valence-corrected chi connectivity index (χ4v) is 2.06. The summed E-state index contributed by atoms with van der Waals surface area (Å²) >= 11 is 3.29. The molecule has 0 amide bonds. The molecule has 0 bridgehead atoms. The second kappa shape index (κ2) is 4.40. The van der Waals surface area contributed by atoms with Gasteiger partial charge in [0, 0.05) is 22.8 Å². The molecule has 5 heteroatoms. The van der Waals surface area contributed by atoms with E-state index in [1.54, 1.807) is 12.3 Å². The lowest BCUT2D eigenvalue weighted by atomic mass is 9.78. The molecule has 1 aromatic heterocycles. The van der Waals surface area contributed by atoms with Gasteiger partial charge < -0.3 is 11.1 Å². The fraction of sp³-hybridized carbons (Fsp3) is 0.455. The van der Waals surface area contributed by atoms with Crippen LogP contribution in [-0.4, -0.2) is 17.1 Å². The Morgan fingerprint density at radius 2 is 2.38 bits per heavy atom. The monoisotopic (exact) mass is 280 g/mol. The Bertz CT molecular complexity index is 434. The van der Waals surface area contributed by atoms with Crippen LogP contribution in [0.25, 0.3) is 0 Å². The molecule has 1 saturated carbocycles. The van der Waals surface area contributed by atoms with Crippen molar-refractivity contribution >= 4 is 21.7 Å². The molecule has 0 atom stereocenters. The van der Waals surface area contributed by atoms with Gasteiger partial charge in [0.25, 0.3) is 0 Å². The van der Waals surface area contributed by atoms with Crippen LogP contribution in [-0.2, 0) is 0 Å². The summed E-state index contributed by atoms with van der Waals surface area (Å²) in [5.74, 6) is 0.613. The maximum atomic E-state index is 8.96. The number of rotatable bonds is 3. The maximum Gasteiger partial charge on any atom is 0.144 e. The van der Waals surface area contributed by atoms with Gasteiger partial charge in [0.1, 0.15) is 11.9 Å². The van der Waals surface area contributed by atoms with Gasteiger partial charge in [-0.05, 0) is 41.3 Å². The standard InChI is InChI=1S/C11H13BrN4/c12-9-4-8(5-13)10(15-6-9)16-7-11(14)2-1-3-11/h4,6H,1-3,7,14H2,(H,15,16). The molecule has 84 valence electrons. The van der Waals surface area contributed by atoms with Crippen molar-refractivity contribution in [1.29, 1.82) is 5.26 Å². The Kier molecular flexibility index (Phi) is 3.13. The molecule has 0 unspecified atom stereocenters. The van der Waals surface area contributed by atoms with E-state index in [9.17, 15) is 0 Å². The van der Waals surface area contributed by atoms with Gasteiger partial charge in [0.05, 0.1) is 5.56 Å². The molecular weight excluding hydrogens is 268 g/mol. The summed E-state index contributed by atoms with van der Waals surface area (Å²) in [4.78, 5) is 4.17. The largest absolute Gasteiger partial charge is 0.367 e. The van der Waals surface area contributed by atoms with Gasteiger partial charge in [-0.25, -0.2) is 4.98 Å². The van der Waals surface area contributed by atoms with Crippen molar-refractivity contribution in [3.63, 3.8) is 0 Å². The van der Waals surface area contributed by atoms with Crippen LogP contribution in [0.1, 0.15) is 24.8 Å². The Labute approximate surface area is 103 Å². The molecule has 4 nitrogen and oxygen atoms in total. The molecule has 0 saturated heterocycles. The number of nitriles is 1. The van der Waals surface area contributed by atoms with Crippen molar-refractivity contribution in [2.45, 2.75) is 24.8 Å². The highest BCUT2D eigenvalue weighted by Gasteiger charge is 2.32. The summed E-state index contributed by atoms with van der Waals surface area (Å²) in [5.41, 5.74) is 6.52. The highest BCUT2D eigenvalue weighted by molar-refractivity contribution is 9.10. The first kappa shape index (κ1) is 11.4. The molecule has 1 aliphatic rings. The summed E-state index contributed by atoms with van der Waals surface area (Å²) in [6.07, 6.45) is 4.95. The molecule has 0 radical (unpaired) electrons. The fourth-order valence-electron chi connectivity index (χ4n) is 1.73. The molecular formula is C11H13BrN4. The lowest BCUT2D eigenvalue weighted by Crippen LogP contribution is -2.52. The van der Waals surface area contributed by atoms with Gasteiger partial charge in [-0.3, -0.25) is 0 Å². The molecule has 16 heavy (non-hydrogen) atoms. The van der Waals surface area contributed by atoms with Crippen molar-refractivity contribution in [2.75, 3.05) is 11.9 Å². The second-order valence-corrected chi connectivity index (χ2v) is 5.15. The van der Waals surface area contributed by atoms with Gasteiger partial charge in [0.15, 0.2) is 0 Å². The van der Waals surface area contributed by atoms with Crippen LogP contribution in [0.2, 0.25) is 0 Å². The minimum absolute atomic E-state index is 0.110. The summed E-state index contributed by atoms with van der Waals surface area (Å²) < 4.78 is 0.806. The molecule has 0 spiro atoms. The number of nitrogens with zero attached hydrogens (tertiary/aromatic N) is 2. The van der Waals surface area contributed by atoms with Crippen LogP contribution in [0.5, 0.6) is 0 Å². The van der Waals surface area contributed by atoms with Gasteiger partial charge >= 0.3 is 0 Å². The quantitative estimate of drug-likeness (QED) is 0.888. The number of pyridine rings is 1. The van der Waals surface area contributed by atoms with Crippen molar-refractivity contribution in [3.8, 4) is 6.07 Å². The van der Waals surface area contributed by atoms with E-state index in [0.717, 1.165) is 17.3 Å². The number of nitrogens with one attached hydrogen (secondary N) is 1. The van der Waals surface area contributed by atoms with E-state index in [-0.39, 0.29) is 5.54 Å². The first-order valence-electron chi connectivity index (χ1n) is 5.21. The van der Waals surface area contributed by atoms with Gasteiger partial charge in [-0.15, -0.1) is 0 Å². The van der Waals surface area contributed by atoms with Gasteiger partial charge in [0.2, 0.25) is 0 Å². The number of hydrogen-bond donors (Lipinski definition) is 2. The van der Waals surface area contributed by atoms with E-state index in [1.807, 2.05) is 0 Å². The first-order chi connectivity index (χ1) is 7.63. The molecule has 2 rings (SSSR count). The zero-order valence-corrected chi connectivity index (χ0v) is 10.4. The van der Waals surface area contributed by atoms with Gasteiger partial charge in [-0.2, -0.15) is 5.26 Å². The van der Waals surface area contributed by atoms with Crippen molar-refractivity contribution in [2.24, 2.45) is 5.73 Å². The van der Waals surface area contributed by atoms with E-state index < -0.39 is 0 Å². The van der Waals surface area contributed by atoms with Crippen LogP contribution in [0, 0.1) is 11.3 Å². The third kappa shape index (κ3) is 2.34. The van der Waals surface area contributed by atoms with Crippen LogP contribution < -0.4 is 11.1 Å². The third-order valence-corrected chi connectivity index (χ3v) is 3.37. The predicted molar refractivity (Wildman–Crippen MR) is 65.9 cm³/mol. The molecule has 3 N–H and O–H groups in total. The van der Waals surface area contributed by atoms with Crippen LogP contribution in [0.15, 0.2) is 16.7 Å². The number of hydrogen-bond acceptors (Lipinski definition) is 4. The zero-order valence-electron chi connectivity index (χ0n) is 8.83. The zero-order chi connectivity index (χ0) is 11.6. The summed E-state index contributed by atoms with van der Waals surface area (Å²) in [6, 6.07) is 3.86. The summed E-state index contributed by atoms with van der Waals surface area (Å²) in [5, 5.41) is 12.1. The number of anilines is 1. The second-order valence-electron chi connectivity index (χ2n) is 4.23. The van der Waals surface area contributed by atoms with Crippen molar-refractivity contribution in [1.82, 2.24) is 4.98 Å². The van der Waals surface area contributed by atoms with Gasteiger partial charge in [-0.1, -0.05) is 0 Å². The normalized spacial score (nSPS) is 17.3. The van der Waals surface area contributed by atoms with E-state index in [4.69, 9.17) is 11.0 Å². The minimum atomic E-state index is -0.110. The van der Waals surface area contributed by atoms with E-state index in [1.165, 1.54) is 6.42 Å². The van der Waals surface area contributed by atoms with Crippen molar-refractivity contribution < 1.29 is 0 Å². The molecule has 0 aromatic carbocycles. The van der Waals surface area contributed by atoms with E-state index in [0.29, 0.717) is 17.9 Å². The summed E-state index contributed by atoms with van der Waals surface area (Å²) in [7, 11) is 0. The smallest absolute Gasteiger partial charge is 0.144 e. The highest BCUT2D eigenvalue weighted by atomic mass is 79.9. The number of aromatic nitrogens is 1. The lowest BCUT2D eigenvalue weighted by Gasteiger charge is -2.38. The molecule has 1 aromatic rings. The highest BCUT2D eigenvalue weighted by Crippen LogP contribution is 2.29. The lowest BCUT2D eigenvalue weighted by molar-refractivity contribution is 0.265. The molecule has 0 aliphatic heterocycles. The van der Waals surface area contributed by atoms with Crippen LogP contribution in [0.3, 0.4) is 0 Å². The first-order valence-corrected chi connectivity index (χ1v) is 6.01. The Morgan fingerprint density at radius 3 is 2.94 bits per heavy atom. The van der Waals surface area contributed by atoms with Crippen LogP contribution >= 0.6 is 15.9 Å². The van der Waals surface area contributed by atoms with Crippen molar-refractivity contribution in [3.05, 3.63) is 22.3 Å². The van der Waals surface area contributed by atoms with E-state index in [2.05, 4.69) is 32.3 Å². The third-order valence-electron chi connectivity index (χ3n) is 2.93. The molecule has 1 heterocycles. The summed E-state index contributed by atoms with van der Waals surface area (Å²) in [6.45, 7) is 0.677. The van der Waals surface area contributed by atoms with E-state index >= 15 is 0 Å². The Balaban J connectivity index is 2.07. The average molecular weight is 281 g/mol. The predicted octanol–water partition coefficient (Wildman–Crippen LogP) is 2.01. The average Bonchev–Trinajstić information content (AvgIpc) is 2.24. The van der Waals surface area contributed by atoms with Crippen LogP contribution in [0.4, 0.5) is 5.82 Å². The molecule has 1 fully saturated rings. The SMILES string of the molecule is N#Cc1cc(Br)cnc1NCC1(N)CCC1.